The number of pyridine rings is 1. The molecule has 0 radical (unpaired) electrons. The predicted octanol–water partition coefficient (Wildman–Crippen LogP) is 1.46. The van der Waals surface area contributed by atoms with E-state index < -0.39 is 5.91 Å². The SMILES string of the molecule is Cc1cc2ccccc2nc1NCCOCC(N)=O. The number of anilines is 1. The van der Waals surface area contributed by atoms with E-state index in [1.54, 1.807) is 0 Å². The molecule has 2 aromatic rings. The van der Waals surface area contributed by atoms with Crippen LogP contribution in [0.15, 0.2) is 30.3 Å². The molecule has 0 aliphatic heterocycles. The molecule has 5 nitrogen and oxygen atoms in total. The highest BCUT2D eigenvalue weighted by Crippen LogP contribution is 2.19. The molecule has 0 saturated carbocycles. The lowest BCUT2D eigenvalue weighted by Gasteiger charge is -2.10. The lowest BCUT2D eigenvalue weighted by atomic mass is 10.1. The van der Waals surface area contributed by atoms with Gasteiger partial charge in [-0.1, -0.05) is 18.2 Å². The molecule has 5 heteroatoms. The van der Waals surface area contributed by atoms with E-state index in [0.29, 0.717) is 13.2 Å². The Morgan fingerprint density at radius 2 is 2.21 bits per heavy atom. The molecule has 100 valence electrons. The number of carbonyl (C=O) groups excluding carboxylic acids is 1. The minimum absolute atomic E-state index is 0.0498. The normalized spacial score (nSPS) is 10.6. The van der Waals surface area contributed by atoms with Crippen LogP contribution in [-0.4, -0.2) is 30.6 Å². The van der Waals surface area contributed by atoms with Crippen molar-refractivity contribution in [1.29, 1.82) is 0 Å². The minimum atomic E-state index is -0.458. The van der Waals surface area contributed by atoms with Crippen LogP contribution in [-0.2, 0) is 9.53 Å². The van der Waals surface area contributed by atoms with Gasteiger partial charge in [-0.3, -0.25) is 4.79 Å². The Morgan fingerprint density at radius 1 is 1.42 bits per heavy atom. The molecule has 0 saturated heterocycles. The first-order valence-corrected chi connectivity index (χ1v) is 6.13. The van der Waals surface area contributed by atoms with Crippen molar-refractivity contribution in [3.05, 3.63) is 35.9 Å². The van der Waals surface area contributed by atoms with Crippen LogP contribution >= 0.6 is 0 Å². The summed E-state index contributed by atoms with van der Waals surface area (Å²) in [5, 5.41) is 4.31. The second-order valence-electron chi connectivity index (χ2n) is 4.29. The summed E-state index contributed by atoms with van der Waals surface area (Å²) in [6, 6.07) is 10.1. The second-order valence-corrected chi connectivity index (χ2v) is 4.29. The Bertz CT molecular complexity index is 584. The van der Waals surface area contributed by atoms with Gasteiger partial charge in [0.2, 0.25) is 5.91 Å². The molecule has 2 rings (SSSR count). The zero-order valence-electron chi connectivity index (χ0n) is 10.8. The van der Waals surface area contributed by atoms with E-state index in [9.17, 15) is 4.79 Å². The molecule has 0 fully saturated rings. The highest BCUT2D eigenvalue weighted by atomic mass is 16.5. The number of aryl methyl sites for hydroxylation is 1. The monoisotopic (exact) mass is 259 g/mol. The predicted molar refractivity (Wildman–Crippen MR) is 75.0 cm³/mol. The van der Waals surface area contributed by atoms with E-state index in [0.717, 1.165) is 22.3 Å². The Labute approximate surface area is 111 Å². The topological polar surface area (TPSA) is 77.2 Å². The number of aromatic nitrogens is 1. The van der Waals surface area contributed by atoms with E-state index in [1.165, 1.54) is 0 Å². The number of hydrogen-bond donors (Lipinski definition) is 2. The third-order valence-electron chi connectivity index (χ3n) is 2.70. The van der Waals surface area contributed by atoms with Crippen molar-refractivity contribution in [3.8, 4) is 0 Å². The van der Waals surface area contributed by atoms with Gasteiger partial charge in [0.25, 0.3) is 0 Å². The molecule has 0 aliphatic carbocycles. The first-order valence-electron chi connectivity index (χ1n) is 6.13. The molecule has 1 amide bonds. The van der Waals surface area contributed by atoms with Gasteiger partial charge >= 0.3 is 0 Å². The van der Waals surface area contributed by atoms with Gasteiger partial charge in [0.05, 0.1) is 12.1 Å². The summed E-state index contributed by atoms with van der Waals surface area (Å²) < 4.78 is 5.08. The number of nitrogens with two attached hydrogens (primary N) is 1. The van der Waals surface area contributed by atoms with Crippen LogP contribution < -0.4 is 11.1 Å². The van der Waals surface area contributed by atoms with Crippen molar-refractivity contribution < 1.29 is 9.53 Å². The van der Waals surface area contributed by atoms with Gasteiger partial charge in [0, 0.05) is 11.9 Å². The summed E-state index contributed by atoms with van der Waals surface area (Å²) in [4.78, 5) is 15.0. The van der Waals surface area contributed by atoms with Crippen molar-refractivity contribution in [2.24, 2.45) is 5.73 Å². The number of fused-ring (bicyclic) bond motifs is 1. The lowest BCUT2D eigenvalue weighted by Crippen LogP contribution is -2.20. The zero-order chi connectivity index (χ0) is 13.7. The molecule has 3 N–H and O–H groups in total. The van der Waals surface area contributed by atoms with Gasteiger partial charge in [0.15, 0.2) is 0 Å². The molecular formula is C14H17N3O2. The van der Waals surface area contributed by atoms with E-state index >= 15 is 0 Å². The van der Waals surface area contributed by atoms with E-state index in [-0.39, 0.29) is 6.61 Å². The number of benzene rings is 1. The maximum absolute atomic E-state index is 10.5. The first-order chi connectivity index (χ1) is 9.16. The smallest absolute Gasteiger partial charge is 0.243 e. The summed E-state index contributed by atoms with van der Waals surface area (Å²) in [6.07, 6.45) is 0. The summed E-state index contributed by atoms with van der Waals surface area (Å²) in [5.41, 5.74) is 7.01. The minimum Gasteiger partial charge on any atom is -0.370 e. The first kappa shape index (κ1) is 13.3. The number of nitrogens with zero attached hydrogens (tertiary/aromatic N) is 1. The molecule has 1 aromatic carbocycles. The van der Waals surface area contributed by atoms with Crippen molar-refractivity contribution in [2.45, 2.75) is 6.92 Å². The summed E-state index contributed by atoms with van der Waals surface area (Å²) >= 11 is 0. The molecule has 0 aliphatic rings. The van der Waals surface area contributed by atoms with Gasteiger partial charge in [-0.05, 0) is 24.6 Å². The molecular weight excluding hydrogens is 242 g/mol. The maximum atomic E-state index is 10.5. The van der Waals surface area contributed by atoms with Gasteiger partial charge in [-0.25, -0.2) is 4.98 Å². The van der Waals surface area contributed by atoms with Crippen LogP contribution in [0.25, 0.3) is 10.9 Å². The van der Waals surface area contributed by atoms with Crippen LogP contribution in [0, 0.1) is 6.92 Å². The molecule has 1 aromatic heterocycles. The van der Waals surface area contributed by atoms with E-state index in [2.05, 4.69) is 16.4 Å². The Balaban J connectivity index is 1.96. The number of carbonyl (C=O) groups is 1. The number of para-hydroxylation sites is 1. The standard InChI is InChI=1S/C14H17N3O2/c1-10-8-11-4-2-3-5-12(11)17-14(10)16-6-7-19-9-13(15)18/h2-5,8H,6-7,9H2,1H3,(H2,15,18)(H,16,17). The number of amides is 1. The van der Waals surface area contributed by atoms with Crippen molar-refractivity contribution >= 4 is 22.6 Å². The van der Waals surface area contributed by atoms with Crippen molar-refractivity contribution in [2.75, 3.05) is 25.1 Å². The fraction of sp³-hybridized carbons (Fsp3) is 0.286. The highest BCUT2D eigenvalue weighted by Gasteiger charge is 2.02. The average molecular weight is 259 g/mol. The lowest BCUT2D eigenvalue weighted by molar-refractivity contribution is -0.122. The van der Waals surface area contributed by atoms with Crippen LogP contribution in [0.3, 0.4) is 0 Å². The number of primary amides is 1. The van der Waals surface area contributed by atoms with Crippen molar-refractivity contribution in [3.63, 3.8) is 0 Å². The molecule has 1 heterocycles. The Morgan fingerprint density at radius 3 is 3.00 bits per heavy atom. The van der Waals surface area contributed by atoms with E-state index in [4.69, 9.17) is 10.5 Å². The van der Waals surface area contributed by atoms with E-state index in [1.807, 2.05) is 31.2 Å². The van der Waals surface area contributed by atoms with Crippen LogP contribution in [0.5, 0.6) is 0 Å². The van der Waals surface area contributed by atoms with Gasteiger partial charge in [0.1, 0.15) is 12.4 Å². The Hall–Kier alpha value is -2.14. The second kappa shape index (κ2) is 6.15. The number of hydrogen-bond acceptors (Lipinski definition) is 4. The van der Waals surface area contributed by atoms with Gasteiger partial charge in [-0.15, -0.1) is 0 Å². The van der Waals surface area contributed by atoms with Crippen molar-refractivity contribution in [1.82, 2.24) is 4.98 Å². The zero-order valence-corrected chi connectivity index (χ0v) is 10.8. The number of rotatable bonds is 6. The third kappa shape index (κ3) is 3.66. The van der Waals surface area contributed by atoms with Crippen LogP contribution in [0.2, 0.25) is 0 Å². The average Bonchev–Trinajstić information content (AvgIpc) is 2.38. The van der Waals surface area contributed by atoms with Crippen LogP contribution in [0.1, 0.15) is 5.56 Å². The number of nitrogens with one attached hydrogen (secondary N) is 1. The summed E-state index contributed by atoms with van der Waals surface area (Å²) in [5.74, 6) is 0.376. The molecule has 0 atom stereocenters. The Kier molecular flexibility index (Phi) is 4.30. The molecule has 0 unspecified atom stereocenters. The van der Waals surface area contributed by atoms with Crippen LogP contribution in [0.4, 0.5) is 5.82 Å². The van der Waals surface area contributed by atoms with Gasteiger partial charge < -0.3 is 15.8 Å². The number of ether oxygens (including phenoxy) is 1. The quantitative estimate of drug-likeness (QED) is 0.770. The summed E-state index contributed by atoms with van der Waals surface area (Å²) in [7, 11) is 0. The molecule has 0 bridgehead atoms. The highest BCUT2D eigenvalue weighted by molar-refractivity contribution is 5.81. The maximum Gasteiger partial charge on any atom is 0.243 e. The fourth-order valence-corrected chi connectivity index (χ4v) is 1.81. The molecule has 19 heavy (non-hydrogen) atoms. The third-order valence-corrected chi connectivity index (χ3v) is 2.70. The molecule has 0 spiro atoms. The fourth-order valence-electron chi connectivity index (χ4n) is 1.81. The largest absolute Gasteiger partial charge is 0.370 e. The summed E-state index contributed by atoms with van der Waals surface area (Å²) in [6.45, 7) is 2.95. The van der Waals surface area contributed by atoms with Gasteiger partial charge in [-0.2, -0.15) is 0 Å².